The van der Waals surface area contributed by atoms with E-state index in [9.17, 15) is 4.79 Å². The highest BCUT2D eigenvalue weighted by Gasteiger charge is 2.13. The third kappa shape index (κ3) is 3.48. The van der Waals surface area contributed by atoms with Crippen LogP contribution in [0, 0.1) is 0 Å². The molecule has 2 N–H and O–H groups in total. The molecule has 0 fully saturated rings. The lowest BCUT2D eigenvalue weighted by Gasteiger charge is -2.05. The highest BCUT2D eigenvalue weighted by Crippen LogP contribution is 2.14. The Hall–Kier alpha value is -1.00. The molecule has 0 amide bonds. The van der Waals surface area contributed by atoms with Gasteiger partial charge in [0, 0.05) is 0 Å². The third-order valence-corrected chi connectivity index (χ3v) is 1.52. The van der Waals surface area contributed by atoms with Crippen LogP contribution in [0.3, 0.4) is 0 Å². The molecular formula is C8H12ClNO3. The number of methoxy groups -OCH3 is 1. The van der Waals surface area contributed by atoms with Gasteiger partial charge in [0.25, 0.3) is 0 Å². The summed E-state index contributed by atoms with van der Waals surface area (Å²) in [6, 6.07) is 3.05. The predicted molar refractivity (Wildman–Crippen MR) is 49.5 cm³/mol. The molecule has 0 aromatic carbocycles. The fourth-order valence-electron chi connectivity index (χ4n) is 0.866. The first kappa shape index (κ1) is 12.0. The summed E-state index contributed by atoms with van der Waals surface area (Å²) in [7, 11) is 1.33. The number of hydrogen-bond acceptors (Lipinski definition) is 4. The minimum absolute atomic E-state index is 0. The van der Waals surface area contributed by atoms with E-state index < -0.39 is 6.04 Å². The molecule has 5 heteroatoms. The Bertz CT molecular complexity index is 248. The molecule has 0 spiro atoms. The molecule has 4 nitrogen and oxygen atoms in total. The van der Waals surface area contributed by atoms with Gasteiger partial charge in [-0.15, -0.1) is 12.4 Å². The molecule has 1 atom stereocenters. The highest BCUT2D eigenvalue weighted by molar-refractivity contribution is 5.85. The fourth-order valence-corrected chi connectivity index (χ4v) is 0.866. The van der Waals surface area contributed by atoms with Crippen molar-refractivity contribution in [2.45, 2.75) is 12.5 Å². The maximum absolute atomic E-state index is 10.8. The summed E-state index contributed by atoms with van der Waals surface area (Å²) in [5.74, 6) is 0.263. The molecule has 0 aliphatic rings. The van der Waals surface area contributed by atoms with Crippen LogP contribution in [0.2, 0.25) is 0 Å². The largest absolute Gasteiger partial charge is 0.469 e. The molecule has 0 unspecified atom stereocenters. The first-order valence-corrected chi connectivity index (χ1v) is 3.60. The van der Waals surface area contributed by atoms with E-state index in [1.54, 1.807) is 12.1 Å². The van der Waals surface area contributed by atoms with Gasteiger partial charge in [0.1, 0.15) is 5.76 Å². The van der Waals surface area contributed by atoms with Gasteiger partial charge < -0.3 is 14.9 Å². The first-order chi connectivity index (χ1) is 5.74. The van der Waals surface area contributed by atoms with Crippen LogP contribution in [0.1, 0.15) is 18.2 Å². The standard InChI is InChI=1S/C8H11NO3.ClH/c1-11-8(10)5-6(9)7-3-2-4-12-7;/h2-4,6H,5,9H2,1H3;1H/t6-;/m0./s1. The lowest BCUT2D eigenvalue weighted by atomic mass is 10.2. The molecule has 0 bridgehead atoms. The van der Waals surface area contributed by atoms with Crippen molar-refractivity contribution in [2.24, 2.45) is 5.73 Å². The number of carbonyl (C=O) groups is 1. The van der Waals surface area contributed by atoms with E-state index in [1.165, 1.54) is 13.4 Å². The van der Waals surface area contributed by atoms with E-state index >= 15 is 0 Å². The smallest absolute Gasteiger partial charge is 0.307 e. The number of ether oxygens (including phenoxy) is 1. The van der Waals surface area contributed by atoms with Gasteiger partial charge in [0.2, 0.25) is 0 Å². The Balaban J connectivity index is 0.00000144. The fraction of sp³-hybridized carbons (Fsp3) is 0.375. The zero-order valence-electron chi connectivity index (χ0n) is 7.23. The number of esters is 1. The van der Waals surface area contributed by atoms with Crippen LogP contribution in [0.25, 0.3) is 0 Å². The van der Waals surface area contributed by atoms with Gasteiger partial charge >= 0.3 is 5.97 Å². The zero-order valence-corrected chi connectivity index (χ0v) is 8.04. The summed E-state index contributed by atoms with van der Waals surface area (Å²) in [6.07, 6.45) is 1.66. The second-order valence-electron chi connectivity index (χ2n) is 2.40. The lowest BCUT2D eigenvalue weighted by Crippen LogP contribution is -2.15. The number of nitrogens with two attached hydrogens (primary N) is 1. The molecule has 0 aliphatic carbocycles. The topological polar surface area (TPSA) is 65.5 Å². The van der Waals surface area contributed by atoms with Crippen molar-refractivity contribution in [3.8, 4) is 0 Å². The van der Waals surface area contributed by atoms with E-state index in [2.05, 4.69) is 4.74 Å². The summed E-state index contributed by atoms with van der Waals surface area (Å²) >= 11 is 0. The Morgan fingerprint density at radius 3 is 2.92 bits per heavy atom. The maximum atomic E-state index is 10.8. The molecule has 1 heterocycles. The number of furan rings is 1. The van der Waals surface area contributed by atoms with E-state index in [-0.39, 0.29) is 24.8 Å². The quantitative estimate of drug-likeness (QED) is 0.755. The average molecular weight is 206 g/mol. The Morgan fingerprint density at radius 1 is 1.77 bits per heavy atom. The Morgan fingerprint density at radius 2 is 2.46 bits per heavy atom. The van der Waals surface area contributed by atoms with Crippen molar-refractivity contribution in [1.82, 2.24) is 0 Å². The number of halogens is 1. The van der Waals surface area contributed by atoms with Crippen LogP contribution in [-0.4, -0.2) is 13.1 Å². The molecule has 1 aromatic rings. The van der Waals surface area contributed by atoms with Gasteiger partial charge in [-0.25, -0.2) is 0 Å². The number of carbonyl (C=O) groups excluding carboxylic acids is 1. The summed E-state index contributed by atoms with van der Waals surface area (Å²) in [5.41, 5.74) is 5.62. The molecule has 1 rings (SSSR count). The van der Waals surface area contributed by atoms with Gasteiger partial charge in [-0.1, -0.05) is 0 Å². The zero-order chi connectivity index (χ0) is 8.97. The molecule has 74 valence electrons. The van der Waals surface area contributed by atoms with Crippen molar-refractivity contribution >= 4 is 18.4 Å². The highest BCUT2D eigenvalue weighted by atomic mass is 35.5. The summed E-state index contributed by atoms with van der Waals surface area (Å²) in [4.78, 5) is 10.8. The second-order valence-corrected chi connectivity index (χ2v) is 2.40. The SMILES string of the molecule is COC(=O)C[C@H](N)c1ccco1.Cl. The van der Waals surface area contributed by atoms with E-state index in [1.807, 2.05) is 0 Å². The van der Waals surface area contributed by atoms with Crippen molar-refractivity contribution < 1.29 is 13.9 Å². The Kier molecular flexibility index (Phi) is 5.18. The lowest BCUT2D eigenvalue weighted by molar-refractivity contribution is -0.141. The van der Waals surface area contributed by atoms with Gasteiger partial charge in [-0.05, 0) is 12.1 Å². The molecule has 0 saturated carbocycles. The van der Waals surface area contributed by atoms with E-state index in [4.69, 9.17) is 10.2 Å². The van der Waals surface area contributed by atoms with Gasteiger partial charge in [-0.3, -0.25) is 4.79 Å². The van der Waals surface area contributed by atoms with Crippen molar-refractivity contribution in [3.05, 3.63) is 24.2 Å². The summed E-state index contributed by atoms with van der Waals surface area (Å²) < 4.78 is 9.47. The predicted octanol–water partition coefficient (Wildman–Crippen LogP) is 1.26. The molecule has 0 saturated heterocycles. The van der Waals surface area contributed by atoms with Gasteiger partial charge in [-0.2, -0.15) is 0 Å². The third-order valence-electron chi connectivity index (χ3n) is 1.52. The van der Waals surface area contributed by atoms with Crippen LogP contribution in [0.15, 0.2) is 22.8 Å². The normalized spacial score (nSPS) is 11.5. The van der Waals surface area contributed by atoms with Crippen LogP contribution < -0.4 is 5.73 Å². The van der Waals surface area contributed by atoms with Crippen molar-refractivity contribution in [2.75, 3.05) is 7.11 Å². The number of hydrogen-bond donors (Lipinski definition) is 1. The summed E-state index contributed by atoms with van der Waals surface area (Å²) in [6.45, 7) is 0. The Labute approximate surface area is 82.5 Å². The molecule has 13 heavy (non-hydrogen) atoms. The molecule has 0 radical (unpaired) electrons. The maximum Gasteiger partial charge on any atom is 0.307 e. The number of rotatable bonds is 3. The van der Waals surface area contributed by atoms with Crippen molar-refractivity contribution in [3.63, 3.8) is 0 Å². The first-order valence-electron chi connectivity index (χ1n) is 3.60. The van der Waals surface area contributed by atoms with E-state index in [0.717, 1.165) is 0 Å². The van der Waals surface area contributed by atoms with Crippen molar-refractivity contribution in [1.29, 1.82) is 0 Å². The monoisotopic (exact) mass is 205 g/mol. The summed E-state index contributed by atoms with van der Waals surface area (Å²) in [5, 5.41) is 0. The van der Waals surface area contributed by atoms with Crippen LogP contribution in [0.5, 0.6) is 0 Å². The average Bonchev–Trinajstić information content (AvgIpc) is 2.56. The van der Waals surface area contributed by atoms with Gasteiger partial charge in [0.15, 0.2) is 0 Å². The minimum atomic E-state index is -0.410. The minimum Gasteiger partial charge on any atom is -0.469 e. The molecule has 0 aliphatic heterocycles. The second kappa shape index (κ2) is 5.61. The van der Waals surface area contributed by atoms with Crippen LogP contribution in [-0.2, 0) is 9.53 Å². The van der Waals surface area contributed by atoms with Crippen LogP contribution in [0.4, 0.5) is 0 Å². The van der Waals surface area contributed by atoms with E-state index in [0.29, 0.717) is 5.76 Å². The molecular weight excluding hydrogens is 194 g/mol. The van der Waals surface area contributed by atoms with Gasteiger partial charge in [0.05, 0.1) is 25.8 Å². The van der Waals surface area contributed by atoms with Crippen LogP contribution >= 0.6 is 12.4 Å². The molecule has 1 aromatic heterocycles.